The van der Waals surface area contributed by atoms with Crippen LogP contribution in [0.3, 0.4) is 0 Å². The molecule has 0 spiro atoms. The Balaban J connectivity index is 1.76. The van der Waals surface area contributed by atoms with E-state index < -0.39 is 0 Å². The summed E-state index contributed by atoms with van der Waals surface area (Å²) in [4.78, 5) is 2.75. The summed E-state index contributed by atoms with van der Waals surface area (Å²) in [6.07, 6.45) is 6.90. The average molecular weight is 242 g/mol. The number of piperidine rings is 1. The van der Waals surface area contributed by atoms with Gasteiger partial charge in [0.25, 0.3) is 0 Å². The fourth-order valence-electron chi connectivity index (χ4n) is 2.86. The Morgan fingerprint density at radius 3 is 3.00 bits per heavy atom. The molecule has 94 valence electrons. The zero-order chi connectivity index (χ0) is 11.2. The van der Waals surface area contributed by atoms with Crippen molar-refractivity contribution in [3.05, 3.63) is 0 Å². The SMILES string of the molecule is CCCNC1CCCN(C2CCCSC2)C1. The number of likely N-dealkylation sites (tertiary alicyclic amines) is 1. The van der Waals surface area contributed by atoms with Crippen molar-refractivity contribution in [2.24, 2.45) is 0 Å². The summed E-state index contributed by atoms with van der Waals surface area (Å²) in [5, 5.41) is 3.69. The lowest BCUT2D eigenvalue weighted by atomic mass is 10.0. The Morgan fingerprint density at radius 1 is 1.31 bits per heavy atom. The number of nitrogens with one attached hydrogen (secondary N) is 1. The van der Waals surface area contributed by atoms with Crippen molar-refractivity contribution < 1.29 is 0 Å². The maximum Gasteiger partial charge on any atom is 0.0195 e. The first-order valence-electron chi connectivity index (χ1n) is 6.95. The molecule has 2 saturated heterocycles. The predicted octanol–water partition coefficient (Wildman–Crippen LogP) is 2.35. The van der Waals surface area contributed by atoms with Crippen molar-refractivity contribution in [1.29, 1.82) is 0 Å². The van der Waals surface area contributed by atoms with E-state index in [4.69, 9.17) is 0 Å². The lowest BCUT2D eigenvalue weighted by molar-refractivity contribution is 0.140. The van der Waals surface area contributed by atoms with Crippen LogP contribution in [0.25, 0.3) is 0 Å². The molecule has 0 radical (unpaired) electrons. The monoisotopic (exact) mass is 242 g/mol. The van der Waals surface area contributed by atoms with E-state index >= 15 is 0 Å². The molecular weight excluding hydrogens is 216 g/mol. The van der Waals surface area contributed by atoms with Gasteiger partial charge in [0.05, 0.1) is 0 Å². The minimum absolute atomic E-state index is 0.764. The van der Waals surface area contributed by atoms with Crippen LogP contribution in [-0.2, 0) is 0 Å². The highest BCUT2D eigenvalue weighted by molar-refractivity contribution is 7.99. The van der Waals surface area contributed by atoms with Crippen molar-refractivity contribution in [3.63, 3.8) is 0 Å². The van der Waals surface area contributed by atoms with Gasteiger partial charge in [-0.15, -0.1) is 0 Å². The third kappa shape index (κ3) is 3.64. The van der Waals surface area contributed by atoms with Gasteiger partial charge in [0, 0.05) is 24.4 Å². The van der Waals surface area contributed by atoms with E-state index in [1.807, 2.05) is 0 Å². The van der Waals surface area contributed by atoms with Crippen molar-refractivity contribution in [2.75, 3.05) is 31.1 Å². The van der Waals surface area contributed by atoms with Crippen LogP contribution in [0.4, 0.5) is 0 Å². The van der Waals surface area contributed by atoms with Gasteiger partial charge >= 0.3 is 0 Å². The molecule has 2 atom stereocenters. The summed E-state index contributed by atoms with van der Waals surface area (Å²) in [5.41, 5.74) is 0. The van der Waals surface area contributed by atoms with Gasteiger partial charge in [-0.3, -0.25) is 4.90 Å². The fourth-order valence-corrected chi connectivity index (χ4v) is 4.05. The summed E-state index contributed by atoms with van der Waals surface area (Å²) in [7, 11) is 0. The van der Waals surface area contributed by atoms with Gasteiger partial charge in [0.15, 0.2) is 0 Å². The van der Waals surface area contributed by atoms with E-state index in [0.29, 0.717) is 0 Å². The number of thioether (sulfide) groups is 1. The van der Waals surface area contributed by atoms with Crippen molar-refractivity contribution in [2.45, 2.75) is 51.1 Å². The van der Waals surface area contributed by atoms with Gasteiger partial charge < -0.3 is 5.32 Å². The largest absolute Gasteiger partial charge is 0.313 e. The van der Waals surface area contributed by atoms with Crippen LogP contribution in [0.1, 0.15) is 39.0 Å². The Hall–Kier alpha value is 0.270. The third-order valence-electron chi connectivity index (χ3n) is 3.79. The van der Waals surface area contributed by atoms with Gasteiger partial charge in [-0.05, 0) is 50.9 Å². The molecule has 2 nitrogen and oxygen atoms in total. The summed E-state index contributed by atoms with van der Waals surface area (Å²) >= 11 is 2.15. The lowest BCUT2D eigenvalue weighted by Gasteiger charge is -2.40. The standard InChI is InChI=1S/C13H26N2S/c1-2-7-14-12-5-3-8-15(10-12)13-6-4-9-16-11-13/h12-14H,2-11H2,1H3. The molecule has 3 heteroatoms. The van der Waals surface area contributed by atoms with E-state index in [2.05, 4.69) is 28.9 Å². The Morgan fingerprint density at radius 2 is 2.25 bits per heavy atom. The third-order valence-corrected chi connectivity index (χ3v) is 4.99. The van der Waals surface area contributed by atoms with Crippen LogP contribution in [0.2, 0.25) is 0 Å². The van der Waals surface area contributed by atoms with Crippen LogP contribution in [0, 0.1) is 0 Å². The van der Waals surface area contributed by atoms with Crippen molar-refractivity contribution >= 4 is 11.8 Å². The highest BCUT2D eigenvalue weighted by Gasteiger charge is 2.26. The van der Waals surface area contributed by atoms with Crippen LogP contribution in [0.5, 0.6) is 0 Å². The molecule has 0 aromatic rings. The van der Waals surface area contributed by atoms with Gasteiger partial charge in [-0.2, -0.15) is 11.8 Å². The summed E-state index contributed by atoms with van der Waals surface area (Å²) < 4.78 is 0. The molecule has 0 aliphatic carbocycles. The van der Waals surface area contributed by atoms with Gasteiger partial charge in [0.1, 0.15) is 0 Å². The molecule has 0 bridgehead atoms. The molecule has 0 amide bonds. The van der Waals surface area contributed by atoms with Crippen LogP contribution < -0.4 is 5.32 Å². The molecule has 2 unspecified atom stereocenters. The normalized spacial score (nSPS) is 32.8. The molecule has 0 aromatic heterocycles. The van der Waals surface area contributed by atoms with Crippen LogP contribution in [-0.4, -0.2) is 48.1 Å². The Labute approximate surface area is 105 Å². The van der Waals surface area contributed by atoms with Gasteiger partial charge in [-0.1, -0.05) is 6.92 Å². The molecule has 2 rings (SSSR count). The molecule has 2 aliphatic heterocycles. The minimum Gasteiger partial charge on any atom is -0.313 e. The maximum absolute atomic E-state index is 3.69. The maximum atomic E-state index is 3.69. The number of nitrogens with zero attached hydrogens (tertiary/aromatic N) is 1. The van der Waals surface area contributed by atoms with E-state index in [0.717, 1.165) is 12.1 Å². The van der Waals surface area contributed by atoms with Crippen LogP contribution >= 0.6 is 11.8 Å². The second-order valence-corrected chi connectivity index (χ2v) is 6.31. The molecule has 0 aromatic carbocycles. The smallest absolute Gasteiger partial charge is 0.0195 e. The topological polar surface area (TPSA) is 15.3 Å². The summed E-state index contributed by atoms with van der Waals surface area (Å²) in [6.45, 7) is 6.09. The number of hydrogen-bond donors (Lipinski definition) is 1. The van der Waals surface area contributed by atoms with Gasteiger partial charge in [-0.25, -0.2) is 0 Å². The predicted molar refractivity (Wildman–Crippen MR) is 73.2 cm³/mol. The van der Waals surface area contributed by atoms with E-state index in [-0.39, 0.29) is 0 Å². The molecule has 1 N–H and O–H groups in total. The van der Waals surface area contributed by atoms with Crippen molar-refractivity contribution in [1.82, 2.24) is 10.2 Å². The minimum atomic E-state index is 0.764. The highest BCUT2D eigenvalue weighted by Crippen LogP contribution is 2.24. The van der Waals surface area contributed by atoms with E-state index in [1.165, 1.54) is 63.2 Å². The summed E-state index contributed by atoms with van der Waals surface area (Å²) in [6, 6.07) is 1.64. The second kappa shape index (κ2) is 6.87. The first-order chi connectivity index (χ1) is 7.90. The first-order valence-corrected chi connectivity index (χ1v) is 8.11. The molecule has 2 aliphatic rings. The van der Waals surface area contributed by atoms with E-state index in [1.54, 1.807) is 0 Å². The molecular formula is C13H26N2S. The van der Waals surface area contributed by atoms with Crippen LogP contribution in [0.15, 0.2) is 0 Å². The average Bonchev–Trinajstić information content (AvgIpc) is 2.38. The number of hydrogen-bond acceptors (Lipinski definition) is 3. The molecule has 2 heterocycles. The second-order valence-electron chi connectivity index (χ2n) is 5.16. The Bertz CT molecular complexity index is 192. The van der Waals surface area contributed by atoms with Crippen molar-refractivity contribution in [3.8, 4) is 0 Å². The number of rotatable bonds is 4. The summed E-state index contributed by atoms with van der Waals surface area (Å²) in [5.74, 6) is 2.77. The zero-order valence-electron chi connectivity index (χ0n) is 10.6. The highest BCUT2D eigenvalue weighted by atomic mass is 32.2. The first kappa shape index (κ1) is 12.7. The van der Waals surface area contributed by atoms with Gasteiger partial charge in [0.2, 0.25) is 0 Å². The Kier molecular flexibility index (Phi) is 5.46. The lowest BCUT2D eigenvalue weighted by Crippen LogP contribution is -2.51. The quantitative estimate of drug-likeness (QED) is 0.815. The molecule has 0 saturated carbocycles. The van der Waals surface area contributed by atoms with E-state index in [9.17, 15) is 0 Å². The fraction of sp³-hybridized carbons (Fsp3) is 1.00. The molecule has 16 heavy (non-hydrogen) atoms. The molecule has 2 fully saturated rings. The zero-order valence-corrected chi connectivity index (χ0v) is 11.4.